The van der Waals surface area contributed by atoms with Gasteiger partial charge in [0.15, 0.2) is 11.6 Å². The van der Waals surface area contributed by atoms with Gasteiger partial charge >= 0.3 is 6.03 Å². The molecule has 0 spiro atoms. The molecule has 1 aromatic heterocycles. The summed E-state index contributed by atoms with van der Waals surface area (Å²) in [4.78, 5) is 13.3. The maximum atomic E-state index is 13.1. The first-order valence-electron chi connectivity index (χ1n) is 11.1. The van der Waals surface area contributed by atoms with Gasteiger partial charge < -0.3 is 15.4 Å². The van der Waals surface area contributed by atoms with E-state index in [2.05, 4.69) is 15.3 Å². The van der Waals surface area contributed by atoms with Gasteiger partial charge in [0.25, 0.3) is 0 Å². The van der Waals surface area contributed by atoms with Crippen LogP contribution in [0.25, 0.3) is 11.1 Å². The lowest BCUT2D eigenvalue weighted by Gasteiger charge is -2.15. The van der Waals surface area contributed by atoms with Gasteiger partial charge in [0, 0.05) is 32.8 Å². The smallest absolute Gasteiger partial charge is 0.317 e. The van der Waals surface area contributed by atoms with Crippen LogP contribution in [0.3, 0.4) is 0 Å². The minimum Gasteiger partial charge on any atom is -0.383 e. The predicted molar refractivity (Wildman–Crippen MR) is 129 cm³/mol. The van der Waals surface area contributed by atoms with Crippen molar-refractivity contribution in [3.63, 3.8) is 0 Å². The number of hydrogen-bond acceptors (Lipinski definition) is 4. The predicted octanol–water partition coefficient (Wildman–Crippen LogP) is 4.29. The third-order valence-electron chi connectivity index (χ3n) is 5.83. The van der Waals surface area contributed by atoms with Gasteiger partial charge in [-0.3, -0.25) is 10.00 Å². The molecule has 1 unspecified atom stereocenters. The van der Waals surface area contributed by atoms with Crippen molar-refractivity contribution in [2.75, 3.05) is 38.7 Å². The number of halogens is 2. The summed E-state index contributed by atoms with van der Waals surface area (Å²) in [5, 5.41) is 6.89. The molecule has 1 atom stereocenters. The Morgan fingerprint density at radius 1 is 1.21 bits per heavy atom. The van der Waals surface area contributed by atoms with Crippen molar-refractivity contribution >= 4 is 11.8 Å². The molecule has 2 heterocycles. The molecule has 3 N–H and O–H groups in total. The van der Waals surface area contributed by atoms with Crippen LogP contribution >= 0.6 is 0 Å². The highest BCUT2D eigenvalue weighted by atomic mass is 19.2. The Morgan fingerprint density at radius 2 is 1.94 bits per heavy atom. The topological polar surface area (TPSA) is 85.4 Å². The van der Waals surface area contributed by atoms with Crippen LogP contribution in [0.15, 0.2) is 48.5 Å². The third kappa shape index (κ3) is 6.39. The number of aromatic nitrogens is 2. The Labute approximate surface area is 198 Å². The summed E-state index contributed by atoms with van der Waals surface area (Å²) in [5.41, 5.74) is 8.80. The van der Waals surface area contributed by atoms with Crippen LogP contribution in [0.2, 0.25) is 0 Å². The molecule has 9 heteroatoms. The van der Waals surface area contributed by atoms with Crippen LogP contribution in [0.4, 0.5) is 19.4 Å². The molecule has 0 aliphatic carbocycles. The quantitative estimate of drug-likeness (QED) is 0.562. The Bertz CT molecular complexity index is 1100. The number of benzene rings is 2. The van der Waals surface area contributed by atoms with Crippen molar-refractivity contribution in [1.82, 2.24) is 14.7 Å². The van der Waals surface area contributed by atoms with E-state index in [9.17, 15) is 13.6 Å². The summed E-state index contributed by atoms with van der Waals surface area (Å²) in [5.74, 6) is -0.607. The van der Waals surface area contributed by atoms with E-state index >= 15 is 0 Å². The number of nitrogens with one attached hydrogen (secondary N) is 1. The third-order valence-corrected chi connectivity index (χ3v) is 5.83. The lowest BCUT2D eigenvalue weighted by atomic mass is 9.98. The van der Waals surface area contributed by atoms with Crippen LogP contribution < -0.4 is 11.1 Å². The van der Waals surface area contributed by atoms with Gasteiger partial charge in [-0.2, -0.15) is 5.10 Å². The summed E-state index contributed by atoms with van der Waals surface area (Å²) in [6.07, 6.45) is 0.995. The summed E-state index contributed by atoms with van der Waals surface area (Å²) in [6, 6.07) is 13.4. The molecule has 1 aliphatic rings. The number of carbonyl (C=O) groups is 1. The number of carbonyl (C=O) groups excluding carboxylic acids is 1. The standard InChI is InChI=1S/C13H17F2NO.C12H14N4O/c1-17-7-6-16-5-4-11(9-16)10-2-3-12(14)13(15)8-10;1-8-10(9-6-4-3-5-7-9)11(14-12(13)17)16(2)15-8/h2-3,8,11H,4-7,9H2,1H3;3-7H,1-2H3,(H3,13,14,17). The van der Waals surface area contributed by atoms with Crippen LogP contribution in [0.1, 0.15) is 23.6 Å². The van der Waals surface area contributed by atoms with Crippen LogP contribution in [0.5, 0.6) is 0 Å². The second-order valence-corrected chi connectivity index (χ2v) is 8.24. The zero-order valence-corrected chi connectivity index (χ0v) is 19.7. The molecule has 1 aliphatic heterocycles. The summed E-state index contributed by atoms with van der Waals surface area (Å²) >= 11 is 0. The molecular weight excluding hydrogens is 440 g/mol. The van der Waals surface area contributed by atoms with Crippen molar-refractivity contribution in [1.29, 1.82) is 0 Å². The first-order chi connectivity index (χ1) is 16.3. The van der Waals surface area contributed by atoms with Gasteiger partial charge in [0.05, 0.1) is 12.3 Å². The molecule has 0 bridgehead atoms. The van der Waals surface area contributed by atoms with Gasteiger partial charge in [0.2, 0.25) is 0 Å². The number of primary amides is 1. The highest BCUT2D eigenvalue weighted by molar-refractivity contribution is 5.92. The minimum atomic E-state index is -0.775. The molecule has 1 fully saturated rings. The molecular formula is C25H31F2N5O2. The first kappa shape index (κ1) is 25.3. The highest BCUT2D eigenvalue weighted by Crippen LogP contribution is 2.30. The average Bonchev–Trinajstić information content (AvgIpc) is 3.39. The molecule has 34 heavy (non-hydrogen) atoms. The van der Waals surface area contributed by atoms with E-state index in [1.165, 1.54) is 12.1 Å². The number of nitrogens with two attached hydrogens (primary N) is 1. The van der Waals surface area contributed by atoms with Gasteiger partial charge in [0.1, 0.15) is 5.82 Å². The number of anilines is 1. The number of aryl methyl sites for hydroxylation is 2. The molecule has 0 radical (unpaired) electrons. The Balaban J connectivity index is 0.000000191. The average molecular weight is 472 g/mol. The fourth-order valence-corrected chi connectivity index (χ4v) is 4.16. The molecule has 2 amide bonds. The van der Waals surface area contributed by atoms with Gasteiger partial charge in [-0.25, -0.2) is 13.6 Å². The molecule has 2 aromatic carbocycles. The lowest BCUT2D eigenvalue weighted by Crippen LogP contribution is -2.24. The fourth-order valence-electron chi connectivity index (χ4n) is 4.16. The van der Waals surface area contributed by atoms with Gasteiger partial charge in [-0.05, 0) is 49.1 Å². The number of rotatable bonds is 6. The number of likely N-dealkylation sites (tertiary alicyclic amines) is 1. The van der Waals surface area contributed by atoms with Crippen molar-refractivity contribution in [2.45, 2.75) is 19.3 Å². The molecule has 1 saturated heterocycles. The molecule has 0 saturated carbocycles. The van der Waals surface area contributed by atoms with E-state index in [0.717, 1.165) is 48.4 Å². The number of urea groups is 1. The Morgan fingerprint density at radius 3 is 2.59 bits per heavy atom. The maximum absolute atomic E-state index is 13.1. The van der Waals surface area contributed by atoms with Crippen molar-refractivity contribution in [3.05, 3.63) is 71.4 Å². The molecule has 3 aromatic rings. The first-order valence-corrected chi connectivity index (χ1v) is 11.1. The SMILES string of the molecule is COCCN1CCC(c2ccc(F)c(F)c2)C1.Cc1nn(C)c(NC(N)=O)c1-c1ccccc1. The Kier molecular flexibility index (Phi) is 8.72. The van der Waals surface area contributed by atoms with E-state index in [1.807, 2.05) is 37.3 Å². The normalized spacial score (nSPS) is 15.6. The number of amides is 2. The number of nitrogens with zero attached hydrogens (tertiary/aromatic N) is 3. The minimum absolute atomic E-state index is 0.307. The largest absolute Gasteiger partial charge is 0.383 e. The number of ether oxygens (including phenoxy) is 1. The maximum Gasteiger partial charge on any atom is 0.317 e. The summed E-state index contributed by atoms with van der Waals surface area (Å²) < 4.78 is 32.6. The number of hydrogen-bond donors (Lipinski definition) is 2. The Hall–Kier alpha value is -3.30. The zero-order chi connectivity index (χ0) is 24.7. The van der Waals surface area contributed by atoms with Gasteiger partial charge in [-0.15, -0.1) is 0 Å². The van der Waals surface area contributed by atoms with E-state index in [1.54, 1.807) is 24.9 Å². The summed E-state index contributed by atoms with van der Waals surface area (Å²) in [7, 11) is 3.45. The highest BCUT2D eigenvalue weighted by Gasteiger charge is 2.24. The van der Waals surface area contributed by atoms with E-state index in [0.29, 0.717) is 18.3 Å². The molecule has 182 valence electrons. The van der Waals surface area contributed by atoms with Crippen LogP contribution in [-0.4, -0.2) is 54.1 Å². The second kappa shape index (κ2) is 11.7. The number of methoxy groups -OCH3 is 1. The van der Waals surface area contributed by atoms with E-state index in [-0.39, 0.29) is 0 Å². The summed E-state index contributed by atoms with van der Waals surface area (Å²) in [6.45, 7) is 5.40. The lowest BCUT2D eigenvalue weighted by molar-refractivity contribution is 0.160. The van der Waals surface area contributed by atoms with Crippen LogP contribution in [0, 0.1) is 18.6 Å². The zero-order valence-electron chi connectivity index (χ0n) is 19.7. The van der Waals surface area contributed by atoms with Crippen molar-refractivity contribution in [2.24, 2.45) is 12.8 Å². The van der Waals surface area contributed by atoms with E-state index < -0.39 is 17.7 Å². The monoisotopic (exact) mass is 471 g/mol. The molecule has 7 nitrogen and oxygen atoms in total. The molecule has 4 rings (SSSR count). The van der Waals surface area contributed by atoms with Crippen molar-refractivity contribution in [3.8, 4) is 11.1 Å². The second-order valence-electron chi connectivity index (χ2n) is 8.24. The fraction of sp³-hybridized carbons (Fsp3) is 0.360. The van der Waals surface area contributed by atoms with E-state index in [4.69, 9.17) is 10.5 Å². The van der Waals surface area contributed by atoms with Crippen LogP contribution in [-0.2, 0) is 11.8 Å². The van der Waals surface area contributed by atoms with Gasteiger partial charge in [-0.1, -0.05) is 36.4 Å². The van der Waals surface area contributed by atoms with Crippen molar-refractivity contribution < 1.29 is 18.3 Å².